The molecule has 1 N–H and O–H groups in total. The van der Waals surface area contributed by atoms with Crippen LogP contribution in [0.4, 0.5) is 0 Å². The summed E-state index contributed by atoms with van der Waals surface area (Å²) in [5.41, 5.74) is 1.29. The highest BCUT2D eigenvalue weighted by Gasteiger charge is 2.45. The summed E-state index contributed by atoms with van der Waals surface area (Å²) in [5.74, 6) is 1.54. The molecule has 3 rings (SSSR count). The molecule has 2 heterocycles. The number of hydrogen-bond acceptors (Lipinski definition) is 3. The van der Waals surface area contributed by atoms with Crippen molar-refractivity contribution in [2.45, 2.75) is 44.8 Å². The molecule has 1 fully saturated rings. The van der Waals surface area contributed by atoms with Crippen LogP contribution in [0.3, 0.4) is 0 Å². The fourth-order valence-corrected chi connectivity index (χ4v) is 3.41. The number of para-hydroxylation sites is 1. The monoisotopic (exact) mass is 275 g/mol. The van der Waals surface area contributed by atoms with Crippen LogP contribution >= 0.6 is 0 Å². The summed E-state index contributed by atoms with van der Waals surface area (Å²) >= 11 is 0. The zero-order valence-corrected chi connectivity index (χ0v) is 12.5. The average molecular weight is 275 g/mol. The van der Waals surface area contributed by atoms with Crippen molar-refractivity contribution in [1.82, 2.24) is 5.32 Å². The quantitative estimate of drug-likeness (QED) is 0.920. The van der Waals surface area contributed by atoms with Crippen LogP contribution in [0.2, 0.25) is 0 Å². The highest BCUT2D eigenvalue weighted by molar-refractivity contribution is 5.37. The number of fused-ring (bicyclic) bond motifs is 1. The average Bonchev–Trinajstić information content (AvgIpc) is 2.46. The van der Waals surface area contributed by atoms with Crippen molar-refractivity contribution in [3.05, 3.63) is 29.8 Å². The fraction of sp³-hybridized carbons (Fsp3) is 0.647. The summed E-state index contributed by atoms with van der Waals surface area (Å²) in [6.07, 6.45) is 3.51. The third kappa shape index (κ3) is 2.70. The minimum absolute atomic E-state index is 0.0332. The van der Waals surface area contributed by atoms with Gasteiger partial charge in [-0.2, -0.15) is 0 Å². The fourth-order valence-electron chi connectivity index (χ4n) is 3.41. The first kappa shape index (κ1) is 13.9. The molecule has 3 nitrogen and oxygen atoms in total. The van der Waals surface area contributed by atoms with E-state index in [9.17, 15) is 0 Å². The predicted octanol–water partition coefficient (Wildman–Crippen LogP) is 2.78. The summed E-state index contributed by atoms with van der Waals surface area (Å²) < 4.78 is 12.4. The van der Waals surface area contributed by atoms with Gasteiger partial charge in [0.15, 0.2) is 0 Å². The Bertz CT molecular complexity index is 452. The van der Waals surface area contributed by atoms with E-state index in [0.717, 1.165) is 44.7 Å². The molecule has 3 heteroatoms. The van der Waals surface area contributed by atoms with Gasteiger partial charge in [-0.05, 0) is 57.8 Å². The van der Waals surface area contributed by atoms with Crippen molar-refractivity contribution in [3.63, 3.8) is 0 Å². The zero-order chi connectivity index (χ0) is 14.0. The molecule has 110 valence electrons. The first-order chi connectivity index (χ1) is 9.70. The lowest BCUT2D eigenvalue weighted by Crippen LogP contribution is -2.55. The van der Waals surface area contributed by atoms with Gasteiger partial charge >= 0.3 is 0 Å². The largest absolute Gasteiger partial charge is 0.487 e. The highest BCUT2D eigenvalue weighted by Crippen LogP contribution is 2.42. The van der Waals surface area contributed by atoms with Crippen LogP contribution < -0.4 is 10.1 Å². The molecule has 0 bridgehead atoms. The minimum atomic E-state index is -0.0332. The van der Waals surface area contributed by atoms with Gasteiger partial charge in [0.25, 0.3) is 0 Å². The number of benzene rings is 1. The summed E-state index contributed by atoms with van der Waals surface area (Å²) in [7, 11) is 0. The lowest BCUT2D eigenvalue weighted by atomic mass is 9.75. The molecule has 1 atom stereocenters. The number of ether oxygens (including phenoxy) is 2. The number of rotatable bonds is 3. The first-order valence-corrected chi connectivity index (χ1v) is 7.79. The molecule has 1 saturated heterocycles. The highest BCUT2D eigenvalue weighted by atomic mass is 16.5. The third-order valence-corrected chi connectivity index (χ3v) is 4.58. The summed E-state index contributed by atoms with van der Waals surface area (Å²) in [6, 6.07) is 8.46. The summed E-state index contributed by atoms with van der Waals surface area (Å²) in [4.78, 5) is 0. The topological polar surface area (TPSA) is 30.5 Å². The van der Waals surface area contributed by atoms with Gasteiger partial charge in [-0.1, -0.05) is 18.2 Å². The normalized spacial score (nSPS) is 24.4. The molecule has 0 aromatic heterocycles. The van der Waals surface area contributed by atoms with Gasteiger partial charge in [-0.3, -0.25) is 0 Å². The van der Waals surface area contributed by atoms with E-state index in [1.165, 1.54) is 5.56 Å². The van der Waals surface area contributed by atoms with E-state index in [4.69, 9.17) is 9.47 Å². The maximum Gasteiger partial charge on any atom is 0.123 e. The Labute approximate surface area is 121 Å². The molecule has 1 aromatic carbocycles. The van der Waals surface area contributed by atoms with Gasteiger partial charge in [0.1, 0.15) is 11.4 Å². The smallest absolute Gasteiger partial charge is 0.123 e. The Hall–Kier alpha value is -1.06. The number of nitrogens with one attached hydrogen (secondary N) is 1. The molecule has 2 aliphatic rings. The maximum absolute atomic E-state index is 6.49. The molecule has 0 aliphatic carbocycles. The Morgan fingerprint density at radius 2 is 2.05 bits per heavy atom. The van der Waals surface area contributed by atoms with Crippen LogP contribution in [0.1, 0.15) is 32.3 Å². The summed E-state index contributed by atoms with van der Waals surface area (Å²) in [5, 5.41) is 3.44. The van der Waals surface area contributed by atoms with Crippen molar-refractivity contribution in [1.29, 1.82) is 0 Å². The Kier molecular flexibility index (Phi) is 3.99. The van der Waals surface area contributed by atoms with Crippen LogP contribution in [-0.4, -0.2) is 31.4 Å². The van der Waals surface area contributed by atoms with Gasteiger partial charge in [-0.15, -0.1) is 0 Å². The molecule has 0 amide bonds. The number of piperidine rings is 1. The second-order valence-corrected chi connectivity index (χ2v) is 6.31. The SMILES string of the molecule is CC(C)OCC1Cc2ccccc2OC12CCNCC2. The van der Waals surface area contributed by atoms with Gasteiger partial charge < -0.3 is 14.8 Å². The van der Waals surface area contributed by atoms with E-state index in [1.807, 2.05) is 0 Å². The van der Waals surface area contributed by atoms with Gasteiger partial charge in [0, 0.05) is 5.92 Å². The van der Waals surface area contributed by atoms with E-state index in [1.54, 1.807) is 0 Å². The van der Waals surface area contributed by atoms with E-state index in [-0.39, 0.29) is 11.7 Å². The van der Waals surface area contributed by atoms with Crippen molar-refractivity contribution in [3.8, 4) is 5.75 Å². The molecule has 1 spiro atoms. The van der Waals surface area contributed by atoms with Crippen LogP contribution in [0.15, 0.2) is 24.3 Å². The molecule has 2 aliphatic heterocycles. The van der Waals surface area contributed by atoms with E-state index in [2.05, 4.69) is 43.4 Å². The van der Waals surface area contributed by atoms with Crippen molar-refractivity contribution in [2.24, 2.45) is 5.92 Å². The van der Waals surface area contributed by atoms with Crippen LogP contribution in [0.25, 0.3) is 0 Å². The predicted molar refractivity (Wildman–Crippen MR) is 80.2 cm³/mol. The molecular formula is C17H25NO2. The van der Waals surface area contributed by atoms with Crippen LogP contribution in [0.5, 0.6) is 5.75 Å². The first-order valence-electron chi connectivity index (χ1n) is 7.79. The minimum Gasteiger partial charge on any atom is -0.487 e. The Morgan fingerprint density at radius 1 is 1.30 bits per heavy atom. The van der Waals surface area contributed by atoms with Gasteiger partial charge in [0.05, 0.1) is 12.7 Å². The molecule has 1 aromatic rings. The second-order valence-electron chi connectivity index (χ2n) is 6.31. The molecule has 20 heavy (non-hydrogen) atoms. The van der Waals surface area contributed by atoms with Gasteiger partial charge in [-0.25, -0.2) is 0 Å². The van der Waals surface area contributed by atoms with Crippen molar-refractivity contribution in [2.75, 3.05) is 19.7 Å². The molecule has 0 saturated carbocycles. The molecular weight excluding hydrogens is 250 g/mol. The third-order valence-electron chi connectivity index (χ3n) is 4.58. The zero-order valence-electron chi connectivity index (χ0n) is 12.5. The molecule has 0 radical (unpaired) electrons. The van der Waals surface area contributed by atoms with Gasteiger partial charge in [0.2, 0.25) is 0 Å². The van der Waals surface area contributed by atoms with Crippen LogP contribution in [-0.2, 0) is 11.2 Å². The second kappa shape index (κ2) is 5.74. The van der Waals surface area contributed by atoms with Crippen LogP contribution in [0, 0.1) is 5.92 Å². The Balaban J connectivity index is 1.84. The number of hydrogen-bond donors (Lipinski definition) is 1. The lowest BCUT2D eigenvalue weighted by Gasteiger charge is -2.47. The van der Waals surface area contributed by atoms with E-state index >= 15 is 0 Å². The standard InChI is InChI=1S/C17H25NO2/c1-13(2)19-12-15-11-14-5-3-4-6-16(14)20-17(15)7-9-18-10-8-17/h3-6,13,15,18H,7-12H2,1-2H3. The van der Waals surface area contributed by atoms with E-state index < -0.39 is 0 Å². The van der Waals surface area contributed by atoms with Crippen molar-refractivity contribution < 1.29 is 9.47 Å². The van der Waals surface area contributed by atoms with Crippen molar-refractivity contribution >= 4 is 0 Å². The molecule has 1 unspecified atom stereocenters. The lowest BCUT2D eigenvalue weighted by molar-refractivity contribution is -0.0747. The Morgan fingerprint density at radius 3 is 2.80 bits per heavy atom. The maximum atomic E-state index is 6.49. The summed E-state index contributed by atoms with van der Waals surface area (Å²) in [6.45, 7) is 7.09. The van der Waals surface area contributed by atoms with E-state index in [0.29, 0.717) is 5.92 Å².